The Labute approximate surface area is 96.5 Å². The first-order valence-electron chi connectivity index (χ1n) is 5.80. The first-order chi connectivity index (χ1) is 7.81. The van der Waals surface area contributed by atoms with Crippen molar-refractivity contribution in [3.63, 3.8) is 0 Å². The standard InChI is InChI=1S/C13H18N2O/c1-3-14-9-11-8-13(15-16-11)12-7-5-4-6-10(12)2/h4-7,11,14H,3,8-9H2,1-2H3/t11-/m1/s1. The second kappa shape index (κ2) is 5.12. The highest BCUT2D eigenvalue weighted by Crippen LogP contribution is 2.18. The maximum absolute atomic E-state index is 5.40. The molecule has 16 heavy (non-hydrogen) atoms. The number of likely N-dealkylation sites (N-methyl/N-ethyl adjacent to an activating group) is 1. The van der Waals surface area contributed by atoms with Crippen molar-refractivity contribution >= 4 is 5.71 Å². The number of benzene rings is 1. The van der Waals surface area contributed by atoms with Gasteiger partial charge in [-0.2, -0.15) is 0 Å². The Morgan fingerprint density at radius 2 is 2.25 bits per heavy atom. The van der Waals surface area contributed by atoms with E-state index in [0.29, 0.717) is 0 Å². The lowest BCUT2D eigenvalue weighted by Gasteiger charge is -2.08. The minimum atomic E-state index is 0.189. The quantitative estimate of drug-likeness (QED) is 0.839. The molecule has 2 rings (SSSR count). The predicted octanol–water partition coefficient (Wildman–Crippen LogP) is 2.10. The molecule has 0 saturated heterocycles. The molecule has 1 N–H and O–H groups in total. The van der Waals surface area contributed by atoms with E-state index in [1.54, 1.807) is 0 Å². The van der Waals surface area contributed by atoms with Crippen LogP contribution in [0.5, 0.6) is 0 Å². The maximum atomic E-state index is 5.40. The van der Waals surface area contributed by atoms with Gasteiger partial charge in [0.2, 0.25) is 0 Å². The summed E-state index contributed by atoms with van der Waals surface area (Å²) in [6.45, 7) is 6.04. The Bertz CT molecular complexity index is 387. The van der Waals surface area contributed by atoms with Crippen LogP contribution < -0.4 is 5.32 Å². The molecule has 1 aliphatic heterocycles. The smallest absolute Gasteiger partial charge is 0.145 e. The molecule has 0 radical (unpaired) electrons. The molecule has 0 unspecified atom stereocenters. The van der Waals surface area contributed by atoms with E-state index in [2.05, 4.69) is 36.5 Å². The van der Waals surface area contributed by atoms with Crippen LogP contribution in [0.4, 0.5) is 0 Å². The van der Waals surface area contributed by atoms with Crippen LogP contribution in [-0.2, 0) is 4.84 Å². The summed E-state index contributed by atoms with van der Waals surface area (Å²) in [5.41, 5.74) is 3.54. The highest BCUT2D eigenvalue weighted by Gasteiger charge is 2.22. The lowest BCUT2D eigenvalue weighted by Crippen LogP contribution is -2.26. The number of nitrogens with zero attached hydrogens (tertiary/aromatic N) is 1. The predicted molar refractivity (Wildman–Crippen MR) is 65.7 cm³/mol. The zero-order valence-corrected chi connectivity index (χ0v) is 9.86. The van der Waals surface area contributed by atoms with Crippen molar-refractivity contribution in [3.05, 3.63) is 35.4 Å². The monoisotopic (exact) mass is 218 g/mol. The third-order valence-electron chi connectivity index (χ3n) is 2.81. The summed E-state index contributed by atoms with van der Waals surface area (Å²) in [6.07, 6.45) is 1.09. The van der Waals surface area contributed by atoms with Crippen LogP contribution in [0.15, 0.2) is 29.4 Å². The normalized spacial score (nSPS) is 19.4. The molecule has 0 aliphatic carbocycles. The molecular weight excluding hydrogens is 200 g/mol. The average molecular weight is 218 g/mol. The number of nitrogens with one attached hydrogen (secondary N) is 1. The fraction of sp³-hybridized carbons (Fsp3) is 0.462. The van der Waals surface area contributed by atoms with Crippen LogP contribution in [0.1, 0.15) is 24.5 Å². The maximum Gasteiger partial charge on any atom is 0.145 e. The van der Waals surface area contributed by atoms with E-state index >= 15 is 0 Å². The lowest BCUT2D eigenvalue weighted by molar-refractivity contribution is 0.0855. The van der Waals surface area contributed by atoms with Crippen LogP contribution in [0.3, 0.4) is 0 Å². The average Bonchev–Trinajstić information content (AvgIpc) is 2.75. The Balaban J connectivity index is 2.01. The van der Waals surface area contributed by atoms with Crippen molar-refractivity contribution in [2.24, 2.45) is 5.16 Å². The molecule has 3 nitrogen and oxygen atoms in total. The molecule has 0 fully saturated rings. The molecule has 1 atom stereocenters. The van der Waals surface area contributed by atoms with Gasteiger partial charge in [-0.3, -0.25) is 0 Å². The molecule has 0 spiro atoms. The van der Waals surface area contributed by atoms with Gasteiger partial charge in [-0.05, 0) is 19.0 Å². The third kappa shape index (κ3) is 2.42. The summed E-state index contributed by atoms with van der Waals surface area (Å²) in [4.78, 5) is 5.40. The summed E-state index contributed by atoms with van der Waals surface area (Å²) < 4.78 is 0. The zero-order valence-electron chi connectivity index (χ0n) is 9.86. The van der Waals surface area contributed by atoms with E-state index in [4.69, 9.17) is 4.84 Å². The zero-order chi connectivity index (χ0) is 11.4. The molecule has 1 aromatic carbocycles. The molecule has 1 heterocycles. The second-order valence-electron chi connectivity index (χ2n) is 4.09. The van der Waals surface area contributed by atoms with E-state index in [1.165, 1.54) is 11.1 Å². The Morgan fingerprint density at radius 3 is 3.00 bits per heavy atom. The second-order valence-corrected chi connectivity index (χ2v) is 4.09. The van der Waals surface area contributed by atoms with Gasteiger partial charge in [0, 0.05) is 18.5 Å². The Kier molecular flexibility index (Phi) is 3.57. The highest BCUT2D eigenvalue weighted by atomic mass is 16.6. The molecule has 1 aliphatic rings. The van der Waals surface area contributed by atoms with Gasteiger partial charge in [0.1, 0.15) is 6.10 Å². The molecule has 0 aromatic heterocycles. The van der Waals surface area contributed by atoms with Gasteiger partial charge in [0.15, 0.2) is 0 Å². The minimum absolute atomic E-state index is 0.189. The van der Waals surface area contributed by atoms with Crippen LogP contribution in [0, 0.1) is 6.92 Å². The molecule has 1 aromatic rings. The first kappa shape index (κ1) is 11.1. The summed E-state index contributed by atoms with van der Waals surface area (Å²) in [7, 11) is 0. The molecule has 86 valence electrons. The first-order valence-corrected chi connectivity index (χ1v) is 5.80. The van der Waals surface area contributed by atoms with Crippen molar-refractivity contribution in [1.29, 1.82) is 0 Å². The van der Waals surface area contributed by atoms with E-state index in [-0.39, 0.29) is 6.10 Å². The van der Waals surface area contributed by atoms with E-state index < -0.39 is 0 Å². The van der Waals surface area contributed by atoms with Gasteiger partial charge in [0.25, 0.3) is 0 Å². The van der Waals surface area contributed by atoms with E-state index in [0.717, 1.165) is 25.2 Å². The highest BCUT2D eigenvalue weighted by molar-refractivity contribution is 6.02. The van der Waals surface area contributed by atoms with Gasteiger partial charge in [-0.15, -0.1) is 0 Å². The van der Waals surface area contributed by atoms with Gasteiger partial charge in [-0.1, -0.05) is 36.3 Å². The number of aryl methyl sites for hydroxylation is 1. The fourth-order valence-corrected chi connectivity index (χ4v) is 1.90. The molecule has 0 bridgehead atoms. The third-order valence-corrected chi connectivity index (χ3v) is 2.81. The fourth-order valence-electron chi connectivity index (χ4n) is 1.90. The molecular formula is C13H18N2O. The topological polar surface area (TPSA) is 33.6 Å². The Hall–Kier alpha value is -1.35. The number of oxime groups is 1. The van der Waals surface area contributed by atoms with Crippen molar-refractivity contribution < 1.29 is 4.84 Å². The van der Waals surface area contributed by atoms with E-state index in [1.807, 2.05) is 12.1 Å². The van der Waals surface area contributed by atoms with Crippen LogP contribution in [0.25, 0.3) is 0 Å². The number of hydrogen-bond donors (Lipinski definition) is 1. The van der Waals surface area contributed by atoms with Crippen molar-refractivity contribution in [1.82, 2.24) is 5.32 Å². The summed E-state index contributed by atoms with van der Waals surface area (Å²) in [5.74, 6) is 0. The summed E-state index contributed by atoms with van der Waals surface area (Å²) >= 11 is 0. The summed E-state index contributed by atoms with van der Waals surface area (Å²) in [6, 6.07) is 8.30. The minimum Gasteiger partial charge on any atom is -0.390 e. The van der Waals surface area contributed by atoms with Crippen LogP contribution in [0.2, 0.25) is 0 Å². The molecule has 0 saturated carbocycles. The van der Waals surface area contributed by atoms with Gasteiger partial charge in [-0.25, -0.2) is 0 Å². The molecule has 3 heteroatoms. The number of rotatable bonds is 4. The lowest BCUT2D eigenvalue weighted by atomic mass is 10.0. The van der Waals surface area contributed by atoms with Crippen LogP contribution >= 0.6 is 0 Å². The van der Waals surface area contributed by atoms with Gasteiger partial charge < -0.3 is 10.2 Å². The van der Waals surface area contributed by atoms with Gasteiger partial charge in [0.05, 0.1) is 5.71 Å². The van der Waals surface area contributed by atoms with Gasteiger partial charge >= 0.3 is 0 Å². The largest absolute Gasteiger partial charge is 0.390 e. The van der Waals surface area contributed by atoms with Crippen molar-refractivity contribution in [3.8, 4) is 0 Å². The van der Waals surface area contributed by atoms with E-state index in [9.17, 15) is 0 Å². The summed E-state index contributed by atoms with van der Waals surface area (Å²) in [5, 5.41) is 7.46. The SMILES string of the molecule is CCNC[C@H]1CC(c2ccccc2C)=NO1. The van der Waals surface area contributed by atoms with Crippen molar-refractivity contribution in [2.75, 3.05) is 13.1 Å². The molecule has 0 amide bonds. The number of hydrogen-bond acceptors (Lipinski definition) is 3. The Morgan fingerprint density at radius 1 is 1.44 bits per heavy atom. The van der Waals surface area contributed by atoms with Crippen LogP contribution in [-0.4, -0.2) is 24.9 Å². The van der Waals surface area contributed by atoms with Crippen molar-refractivity contribution in [2.45, 2.75) is 26.4 Å².